The maximum Gasteiger partial charge on any atom is 0.207 e. The average molecular weight is 322 g/mol. The number of anilines is 1. The monoisotopic (exact) mass is 321 g/mol. The van der Waals surface area contributed by atoms with Gasteiger partial charge in [-0.05, 0) is 31.9 Å². The molecule has 0 spiro atoms. The van der Waals surface area contributed by atoms with Gasteiger partial charge >= 0.3 is 0 Å². The number of methoxy groups -OCH3 is 1. The summed E-state index contributed by atoms with van der Waals surface area (Å²) in [6, 6.07) is 6.59. The van der Waals surface area contributed by atoms with Crippen LogP contribution in [0.1, 0.15) is 18.5 Å². The zero-order valence-electron chi connectivity index (χ0n) is 11.0. The molecule has 1 N–H and O–H groups in total. The Balaban J connectivity index is 2.02. The summed E-state index contributed by atoms with van der Waals surface area (Å²) in [5, 5.41) is 3.46. The SMILES string of the molecule is COc1cc(Br)cc(-n2cc(C)nc2NC2CC2)c1. The summed E-state index contributed by atoms with van der Waals surface area (Å²) in [6.45, 7) is 2.00. The van der Waals surface area contributed by atoms with Gasteiger partial charge in [0, 0.05) is 22.8 Å². The van der Waals surface area contributed by atoms with Crippen molar-refractivity contribution < 1.29 is 4.74 Å². The average Bonchev–Trinajstić information content (AvgIpc) is 3.11. The molecule has 1 aliphatic rings. The van der Waals surface area contributed by atoms with E-state index >= 15 is 0 Å². The first-order valence-corrected chi connectivity index (χ1v) is 7.12. The fourth-order valence-corrected chi connectivity index (χ4v) is 2.47. The predicted octanol–water partition coefficient (Wildman–Crippen LogP) is 3.53. The minimum atomic E-state index is 0.578. The molecule has 0 bridgehead atoms. The number of ether oxygens (including phenoxy) is 1. The maximum absolute atomic E-state index is 5.31. The van der Waals surface area contributed by atoms with E-state index in [1.54, 1.807) is 7.11 Å². The molecule has 100 valence electrons. The normalized spacial score (nSPS) is 14.5. The van der Waals surface area contributed by atoms with Crippen LogP contribution in [0.4, 0.5) is 5.95 Å². The van der Waals surface area contributed by atoms with Crippen LogP contribution in [0.3, 0.4) is 0 Å². The highest BCUT2D eigenvalue weighted by molar-refractivity contribution is 9.10. The van der Waals surface area contributed by atoms with Gasteiger partial charge in [0.25, 0.3) is 0 Å². The lowest BCUT2D eigenvalue weighted by Gasteiger charge is -2.11. The number of halogens is 1. The highest BCUT2D eigenvalue weighted by atomic mass is 79.9. The second-order valence-corrected chi connectivity index (χ2v) is 5.76. The van der Waals surface area contributed by atoms with E-state index in [1.165, 1.54) is 12.8 Å². The maximum atomic E-state index is 5.31. The molecule has 0 radical (unpaired) electrons. The molecule has 1 aliphatic carbocycles. The van der Waals surface area contributed by atoms with E-state index in [4.69, 9.17) is 4.74 Å². The van der Waals surface area contributed by atoms with Crippen LogP contribution < -0.4 is 10.1 Å². The summed E-state index contributed by atoms with van der Waals surface area (Å²) in [5.41, 5.74) is 2.04. The van der Waals surface area contributed by atoms with Crippen molar-refractivity contribution in [3.05, 3.63) is 34.6 Å². The Morgan fingerprint density at radius 1 is 1.37 bits per heavy atom. The standard InChI is InChI=1S/C14H16BrN3O/c1-9-8-18(14(16-9)17-11-3-4-11)12-5-10(15)6-13(7-12)19-2/h5-8,11H,3-4H2,1-2H3,(H,16,17). The van der Waals surface area contributed by atoms with E-state index in [1.807, 2.05) is 25.3 Å². The Morgan fingerprint density at radius 3 is 2.84 bits per heavy atom. The number of nitrogens with zero attached hydrogens (tertiary/aromatic N) is 2. The molecule has 0 amide bonds. The minimum Gasteiger partial charge on any atom is -0.497 e. The summed E-state index contributed by atoms with van der Waals surface area (Å²) in [4.78, 5) is 4.55. The summed E-state index contributed by atoms with van der Waals surface area (Å²) in [5.74, 6) is 1.73. The first-order chi connectivity index (χ1) is 9.15. The molecule has 0 atom stereocenters. The fraction of sp³-hybridized carbons (Fsp3) is 0.357. The Bertz CT molecular complexity index is 605. The Kier molecular flexibility index (Phi) is 3.22. The lowest BCUT2D eigenvalue weighted by molar-refractivity contribution is 0.414. The van der Waals surface area contributed by atoms with Gasteiger partial charge in [-0.1, -0.05) is 15.9 Å². The number of nitrogens with one attached hydrogen (secondary N) is 1. The molecular weight excluding hydrogens is 306 g/mol. The number of aryl methyl sites for hydroxylation is 1. The number of hydrogen-bond acceptors (Lipinski definition) is 3. The van der Waals surface area contributed by atoms with Crippen molar-refractivity contribution in [3.63, 3.8) is 0 Å². The highest BCUT2D eigenvalue weighted by Gasteiger charge is 2.23. The third-order valence-corrected chi connectivity index (χ3v) is 3.56. The van der Waals surface area contributed by atoms with Crippen LogP contribution in [0.5, 0.6) is 5.75 Å². The third-order valence-electron chi connectivity index (χ3n) is 3.11. The Morgan fingerprint density at radius 2 is 2.16 bits per heavy atom. The van der Waals surface area contributed by atoms with Crippen molar-refractivity contribution in [2.75, 3.05) is 12.4 Å². The van der Waals surface area contributed by atoms with Crippen LogP contribution in [-0.2, 0) is 0 Å². The van der Waals surface area contributed by atoms with Crippen molar-refractivity contribution >= 4 is 21.9 Å². The number of benzene rings is 1. The number of imidazole rings is 1. The number of rotatable bonds is 4. The topological polar surface area (TPSA) is 39.1 Å². The van der Waals surface area contributed by atoms with Gasteiger partial charge < -0.3 is 10.1 Å². The van der Waals surface area contributed by atoms with Crippen LogP contribution in [0.2, 0.25) is 0 Å². The van der Waals surface area contributed by atoms with Gasteiger partial charge in [-0.15, -0.1) is 0 Å². The van der Waals surface area contributed by atoms with Crippen LogP contribution in [0, 0.1) is 6.92 Å². The van der Waals surface area contributed by atoms with Crippen LogP contribution in [0.15, 0.2) is 28.9 Å². The van der Waals surface area contributed by atoms with E-state index in [0.29, 0.717) is 6.04 Å². The Hall–Kier alpha value is -1.49. The summed E-state index contributed by atoms with van der Waals surface area (Å²) >= 11 is 3.51. The van der Waals surface area contributed by atoms with Gasteiger partial charge in [0.1, 0.15) is 5.75 Å². The van der Waals surface area contributed by atoms with Crippen molar-refractivity contribution in [3.8, 4) is 11.4 Å². The van der Waals surface area contributed by atoms with Crippen molar-refractivity contribution in [2.45, 2.75) is 25.8 Å². The zero-order chi connectivity index (χ0) is 13.4. The first-order valence-electron chi connectivity index (χ1n) is 6.33. The van der Waals surface area contributed by atoms with Gasteiger partial charge in [0.05, 0.1) is 18.5 Å². The zero-order valence-corrected chi connectivity index (χ0v) is 12.6. The summed E-state index contributed by atoms with van der Waals surface area (Å²) < 4.78 is 8.37. The number of aromatic nitrogens is 2. The van der Waals surface area contributed by atoms with Gasteiger partial charge in [-0.25, -0.2) is 4.98 Å². The third kappa shape index (κ3) is 2.76. The summed E-state index contributed by atoms with van der Waals surface area (Å²) in [6.07, 6.45) is 4.49. The van der Waals surface area contributed by atoms with E-state index in [0.717, 1.165) is 27.6 Å². The molecule has 2 aromatic rings. The molecule has 1 aromatic carbocycles. The molecule has 1 saturated carbocycles. The van der Waals surface area contributed by atoms with E-state index in [9.17, 15) is 0 Å². The fourth-order valence-electron chi connectivity index (χ4n) is 2.01. The molecule has 1 heterocycles. The van der Waals surface area contributed by atoms with E-state index in [-0.39, 0.29) is 0 Å². The van der Waals surface area contributed by atoms with Crippen molar-refractivity contribution in [2.24, 2.45) is 0 Å². The quantitative estimate of drug-likeness (QED) is 0.936. The highest BCUT2D eigenvalue weighted by Crippen LogP contribution is 2.29. The lowest BCUT2D eigenvalue weighted by Crippen LogP contribution is -2.07. The molecule has 0 saturated heterocycles. The van der Waals surface area contributed by atoms with Gasteiger partial charge in [0.15, 0.2) is 0 Å². The van der Waals surface area contributed by atoms with Crippen LogP contribution >= 0.6 is 15.9 Å². The number of hydrogen-bond donors (Lipinski definition) is 1. The molecule has 1 aromatic heterocycles. The minimum absolute atomic E-state index is 0.578. The van der Waals surface area contributed by atoms with E-state index < -0.39 is 0 Å². The lowest BCUT2D eigenvalue weighted by atomic mass is 10.3. The predicted molar refractivity (Wildman–Crippen MR) is 79.2 cm³/mol. The van der Waals surface area contributed by atoms with Crippen LogP contribution in [0.25, 0.3) is 5.69 Å². The second-order valence-electron chi connectivity index (χ2n) is 4.84. The molecule has 4 nitrogen and oxygen atoms in total. The molecule has 0 unspecified atom stereocenters. The molecule has 19 heavy (non-hydrogen) atoms. The van der Waals surface area contributed by atoms with Crippen molar-refractivity contribution in [1.29, 1.82) is 0 Å². The van der Waals surface area contributed by atoms with Gasteiger partial charge in [-0.2, -0.15) is 0 Å². The smallest absolute Gasteiger partial charge is 0.207 e. The second kappa shape index (κ2) is 4.89. The van der Waals surface area contributed by atoms with Gasteiger partial charge in [-0.3, -0.25) is 4.57 Å². The van der Waals surface area contributed by atoms with Crippen LogP contribution in [-0.4, -0.2) is 22.7 Å². The molecule has 3 rings (SSSR count). The van der Waals surface area contributed by atoms with E-state index in [2.05, 4.69) is 36.9 Å². The first kappa shape index (κ1) is 12.5. The molecule has 1 fully saturated rings. The van der Waals surface area contributed by atoms with Gasteiger partial charge in [0.2, 0.25) is 5.95 Å². The van der Waals surface area contributed by atoms with Crippen molar-refractivity contribution in [1.82, 2.24) is 9.55 Å². The largest absolute Gasteiger partial charge is 0.497 e. The molecule has 5 heteroatoms. The Labute approximate surface area is 120 Å². The molecule has 0 aliphatic heterocycles. The molecular formula is C14H16BrN3O. The summed E-state index contributed by atoms with van der Waals surface area (Å²) in [7, 11) is 1.67.